The topological polar surface area (TPSA) is 80.5 Å². The summed E-state index contributed by atoms with van der Waals surface area (Å²) in [6.07, 6.45) is 7.49. The summed E-state index contributed by atoms with van der Waals surface area (Å²) in [5.74, 6) is 2.70. The molecule has 6 heteroatoms. The summed E-state index contributed by atoms with van der Waals surface area (Å²) in [5.41, 5.74) is 0.285. The standard InChI is InChI=1S/C14H16N2O3S/c1-2-8-16(10-11-6-7-11)14(17)12-4-3-5-13(9-12)20(15,18)19/h1,3-5,9,11H,6-8,10H2,(H2,15,18,19). The quantitative estimate of drug-likeness (QED) is 0.816. The fourth-order valence-corrected chi connectivity index (χ4v) is 2.49. The Balaban J connectivity index is 2.24. The SMILES string of the molecule is C#CCN(CC1CC1)C(=O)c1cccc(S(N)(=O)=O)c1. The summed E-state index contributed by atoms with van der Waals surface area (Å²) in [6.45, 7) is 0.831. The summed E-state index contributed by atoms with van der Waals surface area (Å²) >= 11 is 0. The first kappa shape index (κ1) is 14.6. The molecule has 1 amide bonds. The number of amides is 1. The highest BCUT2D eigenvalue weighted by Crippen LogP contribution is 2.30. The number of primary sulfonamides is 1. The van der Waals surface area contributed by atoms with Crippen molar-refractivity contribution in [3.05, 3.63) is 29.8 Å². The molecule has 5 nitrogen and oxygen atoms in total. The zero-order valence-corrected chi connectivity index (χ0v) is 11.8. The second-order valence-corrected chi connectivity index (χ2v) is 6.47. The molecule has 2 N–H and O–H groups in total. The Morgan fingerprint density at radius 2 is 2.15 bits per heavy atom. The molecule has 0 bridgehead atoms. The first-order chi connectivity index (χ1) is 9.41. The second-order valence-electron chi connectivity index (χ2n) is 4.91. The highest BCUT2D eigenvalue weighted by atomic mass is 32.2. The zero-order valence-electron chi connectivity index (χ0n) is 11.0. The van der Waals surface area contributed by atoms with Crippen LogP contribution in [0.25, 0.3) is 0 Å². The number of benzene rings is 1. The number of hydrogen-bond donors (Lipinski definition) is 1. The summed E-state index contributed by atoms with van der Waals surface area (Å²) < 4.78 is 22.6. The van der Waals surface area contributed by atoms with Crippen molar-refractivity contribution < 1.29 is 13.2 Å². The number of sulfonamides is 1. The molecule has 0 unspecified atom stereocenters. The molecule has 106 valence electrons. The van der Waals surface area contributed by atoms with E-state index in [4.69, 9.17) is 11.6 Å². The van der Waals surface area contributed by atoms with Gasteiger partial charge in [0.2, 0.25) is 10.0 Å². The molecule has 1 aliphatic carbocycles. The molecule has 0 aromatic heterocycles. The first-order valence-electron chi connectivity index (χ1n) is 6.27. The Labute approximate surface area is 118 Å². The van der Waals surface area contributed by atoms with Crippen LogP contribution in [-0.4, -0.2) is 32.3 Å². The zero-order chi connectivity index (χ0) is 14.8. The predicted molar refractivity (Wildman–Crippen MR) is 75.3 cm³/mol. The molecule has 20 heavy (non-hydrogen) atoms. The maximum absolute atomic E-state index is 12.4. The monoisotopic (exact) mass is 292 g/mol. The third-order valence-electron chi connectivity index (χ3n) is 3.15. The van der Waals surface area contributed by atoms with Crippen molar-refractivity contribution in [3.8, 4) is 12.3 Å². The fraction of sp³-hybridized carbons (Fsp3) is 0.357. The van der Waals surface area contributed by atoms with Gasteiger partial charge in [0.05, 0.1) is 11.4 Å². The van der Waals surface area contributed by atoms with Gasteiger partial charge in [0.1, 0.15) is 0 Å². The minimum atomic E-state index is -3.82. The Kier molecular flexibility index (Phi) is 4.12. The van der Waals surface area contributed by atoms with Gasteiger partial charge >= 0.3 is 0 Å². The van der Waals surface area contributed by atoms with E-state index in [-0.39, 0.29) is 22.9 Å². The van der Waals surface area contributed by atoms with E-state index in [1.807, 2.05) is 0 Å². The average Bonchev–Trinajstić information content (AvgIpc) is 3.20. The molecule has 1 aliphatic rings. The number of nitrogens with zero attached hydrogens (tertiary/aromatic N) is 1. The maximum Gasteiger partial charge on any atom is 0.254 e. The largest absolute Gasteiger partial charge is 0.327 e. The van der Waals surface area contributed by atoms with Crippen molar-refractivity contribution in [3.63, 3.8) is 0 Å². The molecular weight excluding hydrogens is 276 g/mol. The fourth-order valence-electron chi connectivity index (χ4n) is 1.93. The molecule has 1 aromatic rings. The number of hydrogen-bond acceptors (Lipinski definition) is 3. The van der Waals surface area contributed by atoms with Crippen LogP contribution in [-0.2, 0) is 10.0 Å². The molecule has 0 heterocycles. The van der Waals surface area contributed by atoms with Gasteiger partial charge in [0.15, 0.2) is 0 Å². The molecule has 2 rings (SSSR count). The van der Waals surface area contributed by atoms with Crippen molar-refractivity contribution in [1.29, 1.82) is 0 Å². The minimum Gasteiger partial charge on any atom is -0.327 e. The molecule has 0 saturated heterocycles. The van der Waals surface area contributed by atoms with Gasteiger partial charge in [-0.1, -0.05) is 12.0 Å². The van der Waals surface area contributed by atoms with E-state index in [2.05, 4.69) is 5.92 Å². The predicted octanol–water partition coefficient (Wildman–Crippen LogP) is 0.819. The molecule has 0 aliphatic heterocycles. The van der Waals surface area contributed by atoms with Crippen LogP contribution < -0.4 is 5.14 Å². The van der Waals surface area contributed by atoms with Gasteiger partial charge in [-0.3, -0.25) is 4.79 Å². The third-order valence-corrected chi connectivity index (χ3v) is 4.07. The average molecular weight is 292 g/mol. The van der Waals surface area contributed by atoms with Gasteiger partial charge in [-0.2, -0.15) is 0 Å². The molecule has 0 atom stereocenters. The summed E-state index contributed by atoms with van der Waals surface area (Å²) in [4.78, 5) is 13.9. The first-order valence-corrected chi connectivity index (χ1v) is 7.82. The number of nitrogens with two attached hydrogens (primary N) is 1. The van der Waals surface area contributed by atoms with Crippen LogP contribution in [0.15, 0.2) is 29.2 Å². The van der Waals surface area contributed by atoms with E-state index >= 15 is 0 Å². The number of carbonyl (C=O) groups excluding carboxylic acids is 1. The Hall–Kier alpha value is -1.84. The van der Waals surface area contributed by atoms with E-state index in [0.717, 1.165) is 12.8 Å². The highest BCUT2D eigenvalue weighted by molar-refractivity contribution is 7.89. The van der Waals surface area contributed by atoms with Crippen LogP contribution in [0.2, 0.25) is 0 Å². The lowest BCUT2D eigenvalue weighted by Gasteiger charge is -2.20. The summed E-state index contributed by atoms with van der Waals surface area (Å²) in [5, 5.41) is 5.07. The van der Waals surface area contributed by atoms with Gasteiger partial charge in [-0.15, -0.1) is 6.42 Å². The van der Waals surface area contributed by atoms with Crippen LogP contribution in [0.3, 0.4) is 0 Å². The van der Waals surface area contributed by atoms with Gasteiger partial charge in [-0.25, -0.2) is 13.6 Å². The van der Waals surface area contributed by atoms with Crippen molar-refractivity contribution in [2.75, 3.05) is 13.1 Å². The summed E-state index contributed by atoms with van der Waals surface area (Å²) in [6, 6.07) is 5.71. The van der Waals surface area contributed by atoms with Crippen LogP contribution >= 0.6 is 0 Å². The van der Waals surface area contributed by atoms with Crippen LogP contribution in [0, 0.1) is 18.3 Å². The van der Waals surface area contributed by atoms with Gasteiger partial charge in [0, 0.05) is 12.1 Å². The Morgan fingerprint density at radius 3 is 2.70 bits per heavy atom. The molecule has 0 radical (unpaired) electrons. The van der Waals surface area contributed by atoms with Crippen molar-refractivity contribution in [2.45, 2.75) is 17.7 Å². The van der Waals surface area contributed by atoms with Crippen molar-refractivity contribution in [1.82, 2.24) is 4.90 Å². The van der Waals surface area contributed by atoms with Crippen LogP contribution in [0.5, 0.6) is 0 Å². The number of rotatable bonds is 5. The second kappa shape index (κ2) is 5.65. The highest BCUT2D eigenvalue weighted by Gasteiger charge is 2.27. The molecule has 0 spiro atoms. The van der Waals surface area contributed by atoms with E-state index in [9.17, 15) is 13.2 Å². The van der Waals surface area contributed by atoms with E-state index in [0.29, 0.717) is 12.5 Å². The van der Waals surface area contributed by atoms with Crippen LogP contribution in [0.4, 0.5) is 0 Å². The number of carbonyl (C=O) groups is 1. The smallest absolute Gasteiger partial charge is 0.254 e. The molecule has 1 saturated carbocycles. The van der Waals surface area contributed by atoms with E-state index in [1.165, 1.54) is 18.2 Å². The molecule has 1 aromatic carbocycles. The maximum atomic E-state index is 12.4. The van der Waals surface area contributed by atoms with Crippen molar-refractivity contribution in [2.24, 2.45) is 11.1 Å². The molecule has 1 fully saturated rings. The summed E-state index contributed by atoms with van der Waals surface area (Å²) in [7, 11) is -3.82. The normalized spacial score (nSPS) is 14.6. The van der Waals surface area contributed by atoms with E-state index < -0.39 is 10.0 Å². The van der Waals surface area contributed by atoms with E-state index in [1.54, 1.807) is 11.0 Å². The van der Waals surface area contributed by atoms with Crippen molar-refractivity contribution >= 4 is 15.9 Å². The Bertz CT molecular complexity index is 657. The Morgan fingerprint density at radius 1 is 1.45 bits per heavy atom. The lowest BCUT2D eigenvalue weighted by atomic mass is 10.2. The van der Waals surface area contributed by atoms with Gasteiger partial charge < -0.3 is 4.90 Å². The van der Waals surface area contributed by atoms with Gasteiger partial charge in [0.25, 0.3) is 5.91 Å². The number of terminal acetylenes is 1. The third kappa shape index (κ3) is 3.59. The lowest BCUT2D eigenvalue weighted by Crippen LogP contribution is -2.33. The molecular formula is C14H16N2O3S. The van der Waals surface area contributed by atoms with Crippen LogP contribution in [0.1, 0.15) is 23.2 Å². The van der Waals surface area contributed by atoms with Gasteiger partial charge in [-0.05, 0) is 37.0 Å². The lowest BCUT2D eigenvalue weighted by molar-refractivity contribution is 0.0769. The minimum absolute atomic E-state index is 0.0737.